The zero-order chi connectivity index (χ0) is 11.4. The van der Waals surface area contributed by atoms with Crippen LogP contribution in [0.4, 0.5) is 0 Å². The predicted octanol–water partition coefficient (Wildman–Crippen LogP) is 4.78. The Hall–Kier alpha value is -0.930. The molecule has 1 heterocycles. The van der Waals surface area contributed by atoms with E-state index in [1.165, 1.54) is 0 Å². The van der Waals surface area contributed by atoms with Crippen LogP contribution in [0.3, 0.4) is 0 Å². The summed E-state index contributed by atoms with van der Waals surface area (Å²) in [6.07, 6.45) is 5.83. The molecule has 0 saturated carbocycles. The van der Waals surface area contributed by atoms with Crippen LogP contribution < -0.4 is 0 Å². The summed E-state index contributed by atoms with van der Waals surface area (Å²) < 4.78 is 2.08. The first-order valence-electron chi connectivity index (χ1n) is 4.79. The van der Waals surface area contributed by atoms with E-state index in [4.69, 9.17) is 0 Å². The van der Waals surface area contributed by atoms with Crippen molar-refractivity contribution >= 4 is 44.0 Å². The minimum absolute atomic E-state index is 0.950. The van der Waals surface area contributed by atoms with E-state index in [0.717, 1.165) is 20.2 Å². The highest BCUT2D eigenvalue weighted by atomic mass is 79.9. The van der Waals surface area contributed by atoms with Gasteiger partial charge >= 0.3 is 0 Å². The van der Waals surface area contributed by atoms with E-state index in [0.29, 0.717) is 0 Å². The Morgan fingerprint density at radius 2 is 1.50 bits per heavy atom. The Labute approximate surface area is 111 Å². The first kappa shape index (κ1) is 11.6. The summed E-state index contributed by atoms with van der Waals surface area (Å²) in [4.78, 5) is 4.27. The summed E-state index contributed by atoms with van der Waals surface area (Å²) >= 11 is 6.77. The van der Waals surface area contributed by atoms with E-state index in [2.05, 4.69) is 49.0 Å². The summed E-state index contributed by atoms with van der Waals surface area (Å²) in [7, 11) is 0. The average Bonchev–Trinajstić information content (AvgIpc) is 2.30. The van der Waals surface area contributed by atoms with Crippen molar-refractivity contribution in [2.24, 2.45) is 0 Å². The molecule has 1 aromatic heterocycles. The van der Waals surface area contributed by atoms with Gasteiger partial charge in [-0.2, -0.15) is 0 Å². The Morgan fingerprint density at radius 3 is 2.12 bits per heavy atom. The molecule has 0 spiro atoms. The molecule has 0 aliphatic rings. The summed E-state index contributed by atoms with van der Waals surface area (Å²) in [5.41, 5.74) is 2.11. The number of hydrogen-bond donors (Lipinski definition) is 0. The Balaban J connectivity index is 2.15. The van der Waals surface area contributed by atoms with Crippen molar-refractivity contribution in [3.05, 3.63) is 62.8 Å². The molecule has 0 amide bonds. The van der Waals surface area contributed by atoms with Crippen LogP contribution in [0.25, 0.3) is 12.2 Å². The average molecular weight is 339 g/mol. The second kappa shape index (κ2) is 5.41. The third-order valence-electron chi connectivity index (χ3n) is 2.07. The van der Waals surface area contributed by atoms with Crippen LogP contribution in [-0.4, -0.2) is 4.98 Å². The molecule has 3 heteroatoms. The van der Waals surface area contributed by atoms with Gasteiger partial charge in [0.05, 0.1) is 5.69 Å². The SMILES string of the molecule is Brc1ccc(C=Cc2ccc(Br)cn2)cc1. The zero-order valence-corrected chi connectivity index (χ0v) is 11.6. The summed E-state index contributed by atoms with van der Waals surface area (Å²) in [6, 6.07) is 12.1. The lowest BCUT2D eigenvalue weighted by Gasteiger charge is -1.95. The number of benzene rings is 1. The van der Waals surface area contributed by atoms with Crippen LogP contribution in [-0.2, 0) is 0 Å². The highest BCUT2D eigenvalue weighted by Crippen LogP contribution is 2.13. The maximum absolute atomic E-state index is 4.27. The van der Waals surface area contributed by atoms with E-state index >= 15 is 0 Å². The minimum atomic E-state index is 0.950. The fourth-order valence-corrected chi connectivity index (χ4v) is 1.74. The molecule has 2 aromatic rings. The second-order valence-electron chi connectivity index (χ2n) is 3.29. The largest absolute Gasteiger partial charge is 0.256 e. The van der Waals surface area contributed by atoms with Crippen molar-refractivity contribution in [1.82, 2.24) is 4.98 Å². The van der Waals surface area contributed by atoms with E-state index in [-0.39, 0.29) is 0 Å². The Morgan fingerprint density at radius 1 is 0.812 bits per heavy atom. The van der Waals surface area contributed by atoms with Crippen LogP contribution >= 0.6 is 31.9 Å². The second-order valence-corrected chi connectivity index (χ2v) is 5.12. The smallest absolute Gasteiger partial charge is 0.0630 e. The van der Waals surface area contributed by atoms with Crippen LogP contribution in [0.5, 0.6) is 0 Å². The van der Waals surface area contributed by atoms with Crippen molar-refractivity contribution in [2.75, 3.05) is 0 Å². The molecule has 1 aromatic carbocycles. The standard InChI is InChI=1S/C13H9Br2N/c14-11-4-1-10(2-5-11)3-7-13-8-6-12(15)9-16-13/h1-9H. The molecule has 0 radical (unpaired) electrons. The molecular formula is C13H9Br2N. The first-order valence-corrected chi connectivity index (χ1v) is 6.38. The van der Waals surface area contributed by atoms with Gasteiger partial charge in [-0.1, -0.05) is 34.1 Å². The van der Waals surface area contributed by atoms with Crippen LogP contribution in [0, 0.1) is 0 Å². The van der Waals surface area contributed by atoms with Gasteiger partial charge in [0.25, 0.3) is 0 Å². The Kier molecular flexibility index (Phi) is 3.91. The fourth-order valence-electron chi connectivity index (χ4n) is 1.24. The maximum atomic E-state index is 4.27. The lowest BCUT2D eigenvalue weighted by atomic mass is 10.2. The monoisotopic (exact) mass is 337 g/mol. The van der Waals surface area contributed by atoms with Gasteiger partial charge in [0.1, 0.15) is 0 Å². The molecule has 0 bridgehead atoms. The number of rotatable bonds is 2. The zero-order valence-electron chi connectivity index (χ0n) is 8.40. The van der Waals surface area contributed by atoms with E-state index in [9.17, 15) is 0 Å². The van der Waals surface area contributed by atoms with Crippen molar-refractivity contribution in [1.29, 1.82) is 0 Å². The van der Waals surface area contributed by atoms with Gasteiger partial charge < -0.3 is 0 Å². The van der Waals surface area contributed by atoms with E-state index in [1.54, 1.807) is 6.20 Å². The lowest BCUT2D eigenvalue weighted by molar-refractivity contribution is 1.28. The molecule has 0 aliphatic heterocycles. The molecule has 0 aliphatic carbocycles. The van der Waals surface area contributed by atoms with Gasteiger partial charge in [0, 0.05) is 15.1 Å². The predicted molar refractivity (Wildman–Crippen MR) is 75.0 cm³/mol. The number of pyridine rings is 1. The maximum Gasteiger partial charge on any atom is 0.0630 e. The number of nitrogens with zero attached hydrogens (tertiary/aromatic N) is 1. The third kappa shape index (κ3) is 3.29. The highest BCUT2D eigenvalue weighted by molar-refractivity contribution is 9.10. The molecule has 0 atom stereocenters. The van der Waals surface area contributed by atoms with Crippen LogP contribution in [0.15, 0.2) is 51.5 Å². The third-order valence-corrected chi connectivity index (χ3v) is 3.06. The number of halogens is 2. The van der Waals surface area contributed by atoms with Gasteiger partial charge in [0.15, 0.2) is 0 Å². The van der Waals surface area contributed by atoms with Crippen molar-refractivity contribution < 1.29 is 0 Å². The number of aromatic nitrogens is 1. The van der Waals surface area contributed by atoms with Crippen LogP contribution in [0.2, 0.25) is 0 Å². The first-order chi connectivity index (χ1) is 7.74. The van der Waals surface area contributed by atoms with E-state index < -0.39 is 0 Å². The summed E-state index contributed by atoms with van der Waals surface area (Å²) in [5, 5.41) is 0. The molecule has 2 rings (SSSR count). The normalized spacial score (nSPS) is 10.9. The molecule has 0 saturated heterocycles. The quantitative estimate of drug-likeness (QED) is 0.768. The summed E-state index contributed by atoms with van der Waals surface area (Å²) in [6.45, 7) is 0. The lowest BCUT2D eigenvalue weighted by Crippen LogP contribution is -1.78. The van der Waals surface area contributed by atoms with Gasteiger partial charge in [-0.3, -0.25) is 4.98 Å². The molecular weight excluding hydrogens is 330 g/mol. The van der Waals surface area contributed by atoms with E-state index in [1.807, 2.05) is 36.4 Å². The fraction of sp³-hybridized carbons (Fsp3) is 0. The van der Waals surface area contributed by atoms with Gasteiger partial charge in [-0.25, -0.2) is 0 Å². The van der Waals surface area contributed by atoms with Gasteiger partial charge in [-0.15, -0.1) is 0 Å². The van der Waals surface area contributed by atoms with Crippen molar-refractivity contribution in [3.8, 4) is 0 Å². The van der Waals surface area contributed by atoms with Crippen molar-refractivity contribution in [3.63, 3.8) is 0 Å². The molecule has 1 nitrogen and oxygen atoms in total. The number of hydrogen-bond acceptors (Lipinski definition) is 1. The Bertz CT molecular complexity index is 439. The molecule has 80 valence electrons. The van der Waals surface area contributed by atoms with Gasteiger partial charge in [-0.05, 0) is 51.8 Å². The molecule has 16 heavy (non-hydrogen) atoms. The minimum Gasteiger partial charge on any atom is -0.256 e. The van der Waals surface area contributed by atoms with Gasteiger partial charge in [0.2, 0.25) is 0 Å². The van der Waals surface area contributed by atoms with Crippen LogP contribution in [0.1, 0.15) is 11.3 Å². The molecule has 0 N–H and O–H groups in total. The summed E-state index contributed by atoms with van der Waals surface area (Å²) in [5.74, 6) is 0. The van der Waals surface area contributed by atoms with Crippen molar-refractivity contribution in [2.45, 2.75) is 0 Å². The molecule has 0 unspecified atom stereocenters. The molecule has 0 fully saturated rings. The highest BCUT2D eigenvalue weighted by Gasteiger charge is 1.90. The topological polar surface area (TPSA) is 12.9 Å².